The summed E-state index contributed by atoms with van der Waals surface area (Å²) in [5, 5.41) is 2.90. The third-order valence-corrected chi connectivity index (χ3v) is 12.2. The second-order valence-electron chi connectivity index (χ2n) is 14.4. The van der Waals surface area contributed by atoms with Crippen molar-refractivity contribution in [3.05, 3.63) is 73.1 Å². The van der Waals surface area contributed by atoms with E-state index in [0.29, 0.717) is 12.5 Å². The quantitative estimate of drug-likeness (QED) is 0.397. The zero-order valence-electron chi connectivity index (χ0n) is 25.7. The summed E-state index contributed by atoms with van der Waals surface area (Å²) < 4.78 is 46.4. The molecule has 4 aliphatic rings. The highest BCUT2D eigenvalue weighted by Gasteiger charge is 2.63. The first-order chi connectivity index (χ1) is 19.3. The number of hydrogen-bond acceptors (Lipinski definition) is 3. The minimum absolute atomic E-state index is 0.0182. The van der Waals surface area contributed by atoms with Gasteiger partial charge >= 0.3 is 6.36 Å². The Morgan fingerprint density at radius 1 is 0.857 bits per heavy atom. The summed E-state index contributed by atoms with van der Waals surface area (Å²) in [7, 11) is 3.87. The van der Waals surface area contributed by atoms with Gasteiger partial charge in [0.2, 0.25) is 0 Å². The molecule has 42 heavy (non-hydrogen) atoms. The maximum Gasteiger partial charge on any atom is 0.573 e. The molecule has 1 aromatic carbocycles. The lowest BCUT2D eigenvalue weighted by Crippen LogP contribution is -2.35. The van der Waals surface area contributed by atoms with Gasteiger partial charge < -0.3 is 4.74 Å². The molecule has 1 N–H and O–H groups in total. The van der Waals surface area contributed by atoms with Gasteiger partial charge in [-0.1, -0.05) is 53.7 Å². The van der Waals surface area contributed by atoms with Crippen molar-refractivity contribution in [3.63, 3.8) is 0 Å². The summed E-state index contributed by atoms with van der Waals surface area (Å²) in [6.45, 7) is 14.0. The molecule has 228 valence electrons. The molecular weight excluding hydrogens is 545 g/mol. The molecule has 2 saturated carbocycles. The Bertz CT molecular complexity index is 1690. The van der Waals surface area contributed by atoms with Crippen LogP contribution in [0.1, 0.15) is 107 Å². The van der Waals surface area contributed by atoms with Crippen molar-refractivity contribution in [1.29, 1.82) is 0 Å². The molecule has 7 nitrogen and oxygen atoms in total. The fraction of sp³-hybridized carbons (Fsp3) is 0.625. The van der Waals surface area contributed by atoms with Gasteiger partial charge in [0.25, 0.3) is 11.1 Å². The molecule has 3 aromatic rings. The first-order valence-electron chi connectivity index (χ1n) is 14.8. The number of rotatable bonds is 3. The summed E-state index contributed by atoms with van der Waals surface area (Å²) in [4.78, 5) is 25.0. The lowest BCUT2D eigenvalue weighted by molar-refractivity contribution is -0.274. The van der Waals surface area contributed by atoms with Crippen molar-refractivity contribution in [2.24, 2.45) is 24.9 Å². The van der Waals surface area contributed by atoms with Crippen LogP contribution >= 0.6 is 0 Å². The van der Waals surface area contributed by atoms with E-state index in [-0.39, 0.29) is 44.4 Å². The van der Waals surface area contributed by atoms with Crippen LogP contribution in [0, 0.1) is 10.8 Å². The normalized spacial score (nSPS) is 29.3. The van der Waals surface area contributed by atoms with Crippen molar-refractivity contribution >= 4 is 0 Å². The van der Waals surface area contributed by atoms with E-state index < -0.39 is 6.36 Å². The highest BCUT2D eigenvalue weighted by molar-refractivity contribution is 5.46. The Hall–Kier alpha value is -3.17. The number of nitrogens with zero attached hydrogens (tertiary/aromatic N) is 3. The van der Waals surface area contributed by atoms with Gasteiger partial charge in [0, 0.05) is 41.7 Å². The van der Waals surface area contributed by atoms with Crippen LogP contribution < -0.4 is 15.9 Å². The van der Waals surface area contributed by atoms with Crippen molar-refractivity contribution in [2.75, 3.05) is 0 Å². The van der Waals surface area contributed by atoms with Gasteiger partial charge in [0.05, 0.1) is 12.2 Å². The van der Waals surface area contributed by atoms with E-state index >= 15 is 0 Å². The number of hydrogen-bond donors (Lipinski definition) is 1. The number of alkyl halides is 3. The molecule has 0 spiro atoms. The van der Waals surface area contributed by atoms with E-state index in [2.05, 4.69) is 51.4 Å². The van der Waals surface area contributed by atoms with Gasteiger partial charge in [-0.3, -0.25) is 24.1 Å². The molecule has 4 atom stereocenters. The lowest BCUT2D eigenvalue weighted by Gasteiger charge is -2.36. The Morgan fingerprint density at radius 3 is 1.88 bits per heavy atom. The highest BCUT2D eigenvalue weighted by Crippen LogP contribution is 2.67. The van der Waals surface area contributed by atoms with Crippen molar-refractivity contribution in [3.8, 4) is 5.75 Å². The number of fused-ring (bicyclic) bond motifs is 10. The van der Waals surface area contributed by atoms with E-state index in [0.717, 1.165) is 35.2 Å². The van der Waals surface area contributed by atoms with Gasteiger partial charge in [-0.15, -0.1) is 13.2 Å². The molecule has 0 saturated heterocycles. The number of ether oxygens (including phenoxy) is 1. The van der Waals surface area contributed by atoms with E-state index in [1.54, 1.807) is 16.8 Å². The molecular formula is C32H41F3N4O3. The van der Waals surface area contributed by atoms with Crippen LogP contribution in [0.3, 0.4) is 0 Å². The predicted octanol–water partition coefficient (Wildman–Crippen LogP) is 6.20. The van der Waals surface area contributed by atoms with E-state index in [9.17, 15) is 22.8 Å². The Labute approximate surface area is 243 Å². The third-order valence-electron chi connectivity index (χ3n) is 12.2. The standard InChI is InChI=1S/C20H23F3N2O2.C12H18N2O/c1-18(2)14-9-10-19(18,3)16-15(14)17(26)25(24(16)4)11-12-5-7-13(8-6-12)27-20(21,22)23;1-11(2)7-5-6-12(11,3)9-8(7)10(15)13-14(9)4/h5-8,14H,9-11H2,1-4H3;7H,5-6H2,1-4H3,(H,13,15)/t14-,19+;7-,12+/m11/s1. The van der Waals surface area contributed by atoms with Crippen LogP contribution in [0.25, 0.3) is 0 Å². The van der Waals surface area contributed by atoms with Crippen LogP contribution in [0.5, 0.6) is 5.75 Å². The van der Waals surface area contributed by atoms with E-state index in [1.165, 1.54) is 30.7 Å². The Kier molecular flexibility index (Phi) is 5.99. The fourth-order valence-corrected chi connectivity index (χ4v) is 9.19. The zero-order valence-corrected chi connectivity index (χ0v) is 25.7. The van der Waals surface area contributed by atoms with Crippen LogP contribution in [0.15, 0.2) is 33.9 Å². The SMILES string of the molecule is Cn1[nH]c(=O)c2c1[C@]1(C)CC[C@H]2C1(C)C.Cn1c2c(c(=O)n1Cc1ccc(OC(F)(F)F)cc1)[C@H]1CC[C@]2(C)C1(C)C. The largest absolute Gasteiger partial charge is 0.573 e. The number of nitrogens with one attached hydrogen (secondary N) is 1. The molecule has 0 unspecified atom stereocenters. The number of aryl methyl sites for hydroxylation is 1. The number of halogens is 3. The number of benzene rings is 1. The summed E-state index contributed by atoms with van der Waals surface area (Å²) in [6, 6.07) is 5.68. The first-order valence-corrected chi connectivity index (χ1v) is 14.8. The maximum absolute atomic E-state index is 13.1. The van der Waals surface area contributed by atoms with Crippen molar-refractivity contribution < 1.29 is 17.9 Å². The van der Waals surface area contributed by atoms with Crippen LogP contribution in [0.4, 0.5) is 13.2 Å². The smallest absolute Gasteiger partial charge is 0.406 e. The molecule has 0 aliphatic heterocycles. The molecule has 2 fully saturated rings. The Balaban J connectivity index is 0.000000177. The average Bonchev–Trinajstić information content (AvgIpc) is 3.57. The molecule has 0 radical (unpaired) electrons. The second-order valence-corrected chi connectivity index (χ2v) is 14.4. The van der Waals surface area contributed by atoms with E-state index in [4.69, 9.17) is 0 Å². The van der Waals surface area contributed by atoms with Crippen molar-refractivity contribution in [1.82, 2.24) is 19.1 Å². The molecule has 4 aliphatic carbocycles. The van der Waals surface area contributed by atoms with Crippen molar-refractivity contribution in [2.45, 2.75) is 103 Å². The number of H-pyrrole nitrogens is 1. The predicted molar refractivity (Wildman–Crippen MR) is 154 cm³/mol. The summed E-state index contributed by atoms with van der Waals surface area (Å²) in [5.74, 6) is 0.461. The molecule has 0 amide bonds. The van der Waals surface area contributed by atoms with Gasteiger partial charge in [0.15, 0.2) is 0 Å². The first kappa shape index (κ1) is 28.9. The summed E-state index contributed by atoms with van der Waals surface area (Å²) >= 11 is 0. The van der Waals surface area contributed by atoms with Gasteiger partial charge in [-0.2, -0.15) is 0 Å². The molecule has 2 aromatic heterocycles. The Morgan fingerprint density at radius 2 is 1.38 bits per heavy atom. The topological polar surface area (TPSA) is 74.0 Å². The zero-order chi connectivity index (χ0) is 30.8. The number of aromatic amines is 1. The minimum Gasteiger partial charge on any atom is -0.406 e. The third kappa shape index (κ3) is 3.65. The average molecular weight is 587 g/mol. The number of aromatic nitrogens is 4. The molecule has 10 heteroatoms. The van der Waals surface area contributed by atoms with Crippen LogP contribution in [0.2, 0.25) is 0 Å². The van der Waals surface area contributed by atoms with Gasteiger partial charge in [-0.25, -0.2) is 4.68 Å². The maximum atomic E-state index is 13.1. The molecule has 2 heterocycles. The van der Waals surface area contributed by atoms with Crippen LogP contribution in [-0.2, 0) is 31.5 Å². The highest BCUT2D eigenvalue weighted by atomic mass is 19.4. The van der Waals surface area contributed by atoms with E-state index in [1.807, 2.05) is 23.5 Å². The van der Waals surface area contributed by atoms with Gasteiger partial charge in [0.1, 0.15) is 5.75 Å². The fourth-order valence-electron chi connectivity index (χ4n) is 9.19. The summed E-state index contributed by atoms with van der Waals surface area (Å²) in [6.07, 6.45) is -0.233. The lowest BCUT2D eigenvalue weighted by atomic mass is 9.70. The molecule has 4 bridgehead atoms. The second kappa shape index (κ2) is 8.69. The monoisotopic (exact) mass is 586 g/mol. The van der Waals surface area contributed by atoms with Gasteiger partial charge in [-0.05, 0) is 66.0 Å². The summed E-state index contributed by atoms with van der Waals surface area (Å²) in [5.41, 5.74) is 5.72. The molecule has 7 rings (SSSR count). The van der Waals surface area contributed by atoms with Crippen LogP contribution in [-0.4, -0.2) is 25.5 Å². The minimum atomic E-state index is -4.71.